The highest BCUT2D eigenvalue weighted by molar-refractivity contribution is 7.91. The van der Waals surface area contributed by atoms with Crippen LogP contribution in [0.5, 0.6) is 0 Å². The fourth-order valence-electron chi connectivity index (χ4n) is 2.26. The van der Waals surface area contributed by atoms with E-state index in [-0.39, 0.29) is 0 Å². The highest BCUT2D eigenvalue weighted by Crippen LogP contribution is 2.10. The molecule has 0 saturated carbocycles. The topological polar surface area (TPSA) is 58.6 Å². The summed E-state index contributed by atoms with van der Waals surface area (Å²) in [5.74, 6) is 1.31. The lowest BCUT2D eigenvalue weighted by molar-refractivity contribution is 0.185. The molecule has 1 unspecified atom stereocenters. The predicted octanol–water partition coefficient (Wildman–Crippen LogP) is -0.657. The van der Waals surface area contributed by atoms with E-state index in [1.54, 1.807) is 0 Å². The molecule has 2 aliphatic heterocycles. The van der Waals surface area contributed by atoms with E-state index in [4.69, 9.17) is 4.74 Å². The molecule has 0 aromatic rings. The summed E-state index contributed by atoms with van der Waals surface area (Å²) in [7, 11) is -2.74. The smallest absolute Gasteiger partial charge is 0.152 e. The maximum atomic E-state index is 11.2. The Morgan fingerprint density at radius 3 is 2.71 bits per heavy atom. The molecule has 6 heteroatoms. The second-order valence-electron chi connectivity index (χ2n) is 4.93. The molecule has 2 fully saturated rings. The van der Waals surface area contributed by atoms with E-state index in [2.05, 4.69) is 10.2 Å². The van der Waals surface area contributed by atoms with Crippen LogP contribution in [0.15, 0.2) is 0 Å². The Labute approximate surface area is 103 Å². The van der Waals surface area contributed by atoms with E-state index < -0.39 is 9.84 Å². The fourth-order valence-corrected chi connectivity index (χ4v) is 3.54. The van der Waals surface area contributed by atoms with E-state index in [1.807, 2.05) is 0 Å². The molecule has 17 heavy (non-hydrogen) atoms. The lowest BCUT2D eigenvalue weighted by atomic mass is 10.1. The van der Waals surface area contributed by atoms with Gasteiger partial charge in [-0.05, 0) is 12.3 Å². The molecule has 2 rings (SSSR count). The largest absolute Gasteiger partial charge is 0.381 e. The molecule has 1 atom stereocenters. The summed E-state index contributed by atoms with van der Waals surface area (Å²) in [5, 5.41) is 3.42. The standard InChI is InChI=1S/C11H22N2O3S/c14-17(15)7-4-13(5-8-17)3-2-12-9-11-1-6-16-10-11/h11-12H,1-10H2. The van der Waals surface area contributed by atoms with Gasteiger partial charge < -0.3 is 15.0 Å². The highest BCUT2D eigenvalue weighted by atomic mass is 32.2. The van der Waals surface area contributed by atoms with Crippen molar-refractivity contribution in [3.63, 3.8) is 0 Å². The van der Waals surface area contributed by atoms with Gasteiger partial charge in [0.05, 0.1) is 18.1 Å². The zero-order valence-corrected chi connectivity index (χ0v) is 11.0. The SMILES string of the molecule is O=S1(=O)CCN(CCNCC2CCOC2)CC1. The van der Waals surface area contributed by atoms with Crippen molar-refractivity contribution in [2.24, 2.45) is 5.92 Å². The summed E-state index contributed by atoms with van der Waals surface area (Å²) in [6, 6.07) is 0. The van der Waals surface area contributed by atoms with Gasteiger partial charge in [-0.3, -0.25) is 0 Å². The summed E-state index contributed by atoms with van der Waals surface area (Å²) in [6.07, 6.45) is 1.16. The van der Waals surface area contributed by atoms with Crippen LogP contribution < -0.4 is 5.32 Å². The van der Waals surface area contributed by atoms with Crippen molar-refractivity contribution in [1.29, 1.82) is 0 Å². The lowest BCUT2D eigenvalue weighted by Gasteiger charge is -2.26. The van der Waals surface area contributed by atoms with Crippen molar-refractivity contribution < 1.29 is 13.2 Å². The van der Waals surface area contributed by atoms with Crippen LogP contribution in [-0.2, 0) is 14.6 Å². The molecule has 0 aliphatic carbocycles. The van der Waals surface area contributed by atoms with Gasteiger partial charge in [0.2, 0.25) is 0 Å². The molecule has 1 N–H and O–H groups in total. The predicted molar refractivity (Wildman–Crippen MR) is 66.9 cm³/mol. The van der Waals surface area contributed by atoms with Gasteiger partial charge in [-0.1, -0.05) is 0 Å². The first kappa shape index (κ1) is 13.3. The van der Waals surface area contributed by atoms with Crippen molar-refractivity contribution in [2.75, 3.05) is 57.4 Å². The molecule has 0 amide bonds. The molecular weight excluding hydrogens is 240 g/mol. The van der Waals surface area contributed by atoms with Crippen molar-refractivity contribution >= 4 is 9.84 Å². The van der Waals surface area contributed by atoms with Crippen LogP contribution in [0, 0.1) is 5.92 Å². The molecular formula is C11H22N2O3S. The summed E-state index contributed by atoms with van der Waals surface area (Å²) >= 11 is 0. The Balaban J connectivity index is 1.53. The monoisotopic (exact) mass is 262 g/mol. The van der Waals surface area contributed by atoms with Gasteiger partial charge in [0.25, 0.3) is 0 Å². The van der Waals surface area contributed by atoms with Crippen molar-refractivity contribution in [2.45, 2.75) is 6.42 Å². The van der Waals surface area contributed by atoms with Crippen LogP contribution in [-0.4, -0.2) is 70.8 Å². The molecule has 2 saturated heterocycles. The van der Waals surface area contributed by atoms with Gasteiger partial charge in [0, 0.05) is 39.3 Å². The van der Waals surface area contributed by atoms with E-state index >= 15 is 0 Å². The summed E-state index contributed by atoms with van der Waals surface area (Å²) in [4.78, 5) is 2.22. The maximum Gasteiger partial charge on any atom is 0.152 e. The molecule has 100 valence electrons. The number of nitrogens with one attached hydrogen (secondary N) is 1. The average Bonchev–Trinajstić information content (AvgIpc) is 2.79. The number of nitrogens with zero attached hydrogens (tertiary/aromatic N) is 1. The summed E-state index contributed by atoms with van der Waals surface area (Å²) in [6.45, 7) is 6.07. The van der Waals surface area contributed by atoms with Crippen LogP contribution in [0.4, 0.5) is 0 Å². The first-order chi connectivity index (χ1) is 8.16. The Bertz CT molecular complexity index is 312. The van der Waals surface area contributed by atoms with Gasteiger partial charge in [-0.2, -0.15) is 0 Å². The van der Waals surface area contributed by atoms with E-state index in [0.29, 0.717) is 30.5 Å². The minimum absolute atomic E-state index is 0.323. The van der Waals surface area contributed by atoms with Crippen molar-refractivity contribution in [1.82, 2.24) is 10.2 Å². The Morgan fingerprint density at radius 2 is 2.06 bits per heavy atom. The summed E-state index contributed by atoms with van der Waals surface area (Å²) in [5.41, 5.74) is 0. The van der Waals surface area contributed by atoms with Gasteiger partial charge in [0.15, 0.2) is 9.84 Å². The average molecular weight is 262 g/mol. The van der Waals surface area contributed by atoms with E-state index in [9.17, 15) is 8.42 Å². The molecule has 0 bridgehead atoms. The third kappa shape index (κ3) is 4.54. The molecule has 2 aliphatic rings. The molecule has 2 heterocycles. The number of ether oxygens (including phenoxy) is 1. The quantitative estimate of drug-likeness (QED) is 0.667. The number of hydrogen-bond acceptors (Lipinski definition) is 5. The van der Waals surface area contributed by atoms with Gasteiger partial charge in [0.1, 0.15) is 0 Å². The van der Waals surface area contributed by atoms with Crippen LogP contribution in [0.2, 0.25) is 0 Å². The van der Waals surface area contributed by atoms with Gasteiger partial charge in [-0.25, -0.2) is 8.42 Å². The highest BCUT2D eigenvalue weighted by Gasteiger charge is 2.21. The normalized spacial score (nSPS) is 29.5. The molecule has 0 aromatic heterocycles. The first-order valence-corrected chi connectivity index (χ1v) is 8.19. The maximum absolute atomic E-state index is 11.2. The van der Waals surface area contributed by atoms with E-state index in [0.717, 1.165) is 39.3 Å². The van der Waals surface area contributed by atoms with Gasteiger partial charge >= 0.3 is 0 Å². The van der Waals surface area contributed by atoms with Crippen LogP contribution in [0.25, 0.3) is 0 Å². The Hall–Kier alpha value is -0.170. The zero-order valence-electron chi connectivity index (χ0n) is 10.2. The first-order valence-electron chi connectivity index (χ1n) is 6.37. The second-order valence-corrected chi connectivity index (χ2v) is 7.23. The second kappa shape index (κ2) is 6.13. The van der Waals surface area contributed by atoms with Crippen LogP contribution in [0.1, 0.15) is 6.42 Å². The van der Waals surface area contributed by atoms with Crippen LogP contribution >= 0.6 is 0 Å². The molecule has 0 radical (unpaired) electrons. The lowest BCUT2D eigenvalue weighted by Crippen LogP contribution is -2.43. The fraction of sp³-hybridized carbons (Fsp3) is 1.00. The summed E-state index contributed by atoms with van der Waals surface area (Å²) < 4.78 is 27.8. The van der Waals surface area contributed by atoms with Crippen LogP contribution in [0.3, 0.4) is 0 Å². The zero-order chi connectivity index (χ0) is 12.1. The minimum atomic E-state index is -2.74. The molecule has 5 nitrogen and oxygen atoms in total. The number of sulfone groups is 1. The number of hydrogen-bond donors (Lipinski definition) is 1. The molecule has 0 aromatic carbocycles. The third-order valence-corrected chi connectivity index (χ3v) is 5.11. The Morgan fingerprint density at radius 1 is 1.29 bits per heavy atom. The van der Waals surface area contributed by atoms with Crippen molar-refractivity contribution in [3.05, 3.63) is 0 Å². The molecule has 0 spiro atoms. The van der Waals surface area contributed by atoms with E-state index in [1.165, 1.54) is 0 Å². The minimum Gasteiger partial charge on any atom is -0.381 e. The van der Waals surface area contributed by atoms with Gasteiger partial charge in [-0.15, -0.1) is 0 Å². The third-order valence-electron chi connectivity index (χ3n) is 3.50. The number of rotatable bonds is 5. The van der Waals surface area contributed by atoms with Crippen molar-refractivity contribution in [3.8, 4) is 0 Å². The Kier molecular flexibility index (Phi) is 4.78.